The van der Waals surface area contributed by atoms with E-state index >= 15 is 0 Å². The number of ether oxygens (including phenoxy) is 1. The largest absolute Gasteiger partial charge is 0.452 e. The lowest BCUT2D eigenvalue weighted by molar-refractivity contribution is -0.125. The van der Waals surface area contributed by atoms with Gasteiger partial charge in [-0.3, -0.25) is 4.79 Å². The molecular formula is C19H17ClFN3O4. The number of benzene rings is 1. The monoisotopic (exact) mass is 405 g/mol. The van der Waals surface area contributed by atoms with Crippen LogP contribution >= 0.6 is 11.6 Å². The molecule has 0 unspecified atom stereocenters. The first-order valence-electron chi connectivity index (χ1n) is 8.67. The number of carbonyl (C=O) groups is 2. The Morgan fingerprint density at radius 3 is 2.79 bits per heavy atom. The van der Waals surface area contributed by atoms with Gasteiger partial charge in [-0.05, 0) is 44.7 Å². The minimum atomic E-state index is -0.914. The lowest BCUT2D eigenvalue weighted by Crippen LogP contribution is -2.46. The Morgan fingerprint density at radius 1 is 1.43 bits per heavy atom. The summed E-state index contributed by atoms with van der Waals surface area (Å²) in [6.07, 6.45) is 2.81. The molecule has 0 bridgehead atoms. The van der Waals surface area contributed by atoms with E-state index in [1.54, 1.807) is 0 Å². The van der Waals surface area contributed by atoms with Crippen LogP contribution in [0.4, 0.5) is 4.39 Å². The standard InChI is InChI=1S/C19H17ClFN3O4/c1-11-15(17(24-28-11)16-12(20)5-4-6-13(16)21)18(26)27-9-14(25)23-19(10-22)7-2-3-8-19/h4-6H,2-3,7-9H2,1H3,(H,23,25). The molecule has 1 N–H and O–H groups in total. The lowest BCUT2D eigenvalue weighted by atomic mass is 10.00. The lowest BCUT2D eigenvalue weighted by Gasteiger charge is -2.21. The molecule has 1 aliphatic rings. The predicted molar refractivity (Wildman–Crippen MR) is 96.9 cm³/mol. The Balaban J connectivity index is 1.75. The highest BCUT2D eigenvalue weighted by molar-refractivity contribution is 6.33. The van der Waals surface area contributed by atoms with Gasteiger partial charge in [-0.25, -0.2) is 9.18 Å². The molecule has 3 rings (SSSR count). The van der Waals surface area contributed by atoms with Crippen LogP contribution in [-0.2, 0) is 9.53 Å². The predicted octanol–water partition coefficient (Wildman–Crippen LogP) is 3.55. The molecule has 0 saturated heterocycles. The molecular weight excluding hydrogens is 389 g/mol. The summed E-state index contributed by atoms with van der Waals surface area (Å²) in [7, 11) is 0. The normalized spacial score (nSPS) is 15.1. The number of esters is 1. The summed E-state index contributed by atoms with van der Waals surface area (Å²) in [5.74, 6) is -2.06. The molecule has 1 aromatic heterocycles. The zero-order valence-electron chi connectivity index (χ0n) is 15.1. The van der Waals surface area contributed by atoms with Crippen molar-refractivity contribution in [2.75, 3.05) is 6.61 Å². The van der Waals surface area contributed by atoms with E-state index in [4.69, 9.17) is 20.9 Å². The summed E-state index contributed by atoms with van der Waals surface area (Å²) < 4.78 is 24.3. The van der Waals surface area contributed by atoms with Gasteiger partial charge in [0, 0.05) is 0 Å². The highest BCUT2D eigenvalue weighted by atomic mass is 35.5. The highest BCUT2D eigenvalue weighted by Crippen LogP contribution is 2.34. The molecule has 9 heteroatoms. The number of aryl methyl sites for hydroxylation is 1. The molecule has 1 fully saturated rings. The van der Waals surface area contributed by atoms with Crippen LogP contribution in [0.3, 0.4) is 0 Å². The van der Waals surface area contributed by atoms with Gasteiger partial charge in [0.15, 0.2) is 6.61 Å². The number of hydrogen-bond acceptors (Lipinski definition) is 6. The van der Waals surface area contributed by atoms with E-state index in [2.05, 4.69) is 16.5 Å². The first-order chi connectivity index (χ1) is 13.4. The molecule has 1 aliphatic carbocycles. The van der Waals surface area contributed by atoms with Crippen molar-refractivity contribution >= 4 is 23.5 Å². The van der Waals surface area contributed by atoms with Crippen molar-refractivity contribution in [3.63, 3.8) is 0 Å². The second-order valence-corrected chi connectivity index (χ2v) is 6.99. The number of amides is 1. The maximum Gasteiger partial charge on any atom is 0.344 e. The van der Waals surface area contributed by atoms with Crippen LogP contribution in [0.2, 0.25) is 5.02 Å². The van der Waals surface area contributed by atoms with Crippen molar-refractivity contribution < 1.29 is 23.2 Å². The minimum absolute atomic E-state index is 0.0530. The first-order valence-corrected chi connectivity index (χ1v) is 9.05. The van der Waals surface area contributed by atoms with E-state index < -0.39 is 29.8 Å². The summed E-state index contributed by atoms with van der Waals surface area (Å²) in [5, 5.41) is 15.7. The minimum Gasteiger partial charge on any atom is -0.452 e. The van der Waals surface area contributed by atoms with E-state index in [0.29, 0.717) is 12.8 Å². The molecule has 1 aromatic carbocycles. The molecule has 1 heterocycles. The number of halogens is 2. The molecule has 1 saturated carbocycles. The Morgan fingerprint density at radius 2 is 2.14 bits per heavy atom. The van der Waals surface area contributed by atoms with Gasteiger partial charge in [0.25, 0.3) is 5.91 Å². The summed E-state index contributed by atoms with van der Waals surface area (Å²) in [5.41, 5.74) is -1.22. The van der Waals surface area contributed by atoms with Gasteiger partial charge in [-0.2, -0.15) is 5.26 Å². The zero-order chi connectivity index (χ0) is 20.3. The van der Waals surface area contributed by atoms with Crippen LogP contribution < -0.4 is 5.32 Å². The fourth-order valence-corrected chi connectivity index (χ4v) is 3.51. The number of nitriles is 1. The quantitative estimate of drug-likeness (QED) is 0.762. The molecule has 2 aromatic rings. The maximum absolute atomic E-state index is 14.2. The second-order valence-electron chi connectivity index (χ2n) is 6.58. The number of nitrogens with one attached hydrogen (secondary N) is 1. The number of rotatable bonds is 5. The van der Waals surface area contributed by atoms with Crippen LogP contribution in [-0.4, -0.2) is 29.2 Å². The molecule has 0 aliphatic heterocycles. The van der Waals surface area contributed by atoms with Crippen LogP contribution in [0.25, 0.3) is 11.3 Å². The molecule has 0 radical (unpaired) electrons. The molecule has 1 amide bonds. The van der Waals surface area contributed by atoms with Crippen molar-refractivity contribution in [2.24, 2.45) is 0 Å². The second kappa shape index (κ2) is 7.98. The van der Waals surface area contributed by atoms with Gasteiger partial charge >= 0.3 is 5.97 Å². The van der Waals surface area contributed by atoms with Crippen molar-refractivity contribution in [3.05, 3.63) is 40.4 Å². The van der Waals surface area contributed by atoms with E-state index in [1.165, 1.54) is 25.1 Å². The fourth-order valence-electron chi connectivity index (χ4n) is 3.26. The Labute approximate surface area is 165 Å². The van der Waals surface area contributed by atoms with Crippen LogP contribution in [0, 0.1) is 24.1 Å². The first kappa shape index (κ1) is 19.8. The number of hydrogen-bond donors (Lipinski definition) is 1. The average molecular weight is 406 g/mol. The molecule has 7 nitrogen and oxygen atoms in total. The van der Waals surface area contributed by atoms with Crippen molar-refractivity contribution in [1.82, 2.24) is 10.5 Å². The van der Waals surface area contributed by atoms with Crippen LogP contribution in [0.15, 0.2) is 22.7 Å². The summed E-state index contributed by atoms with van der Waals surface area (Å²) in [6, 6.07) is 6.17. The average Bonchev–Trinajstić information content (AvgIpc) is 3.27. The van der Waals surface area contributed by atoms with Gasteiger partial charge in [0.1, 0.15) is 28.4 Å². The van der Waals surface area contributed by atoms with Gasteiger partial charge in [-0.15, -0.1) is 0 Å². The van der Waals surface area contributed by atoms with Gasteiger partial charge in [0.2, 0.25) is 0 Å². The smallest absolute Gasteiger partial charge is 0.344 e. The van der Waals surface area contributed by atoms with E-state index in [1.807, 2.05) is 0 Å². The molecule has 146 valence electrons. The summed E-state index contributed by atoms with van der Waals surface area (Å²) in [6.45, 7) is 0.877. The highest BCUT2D eigenvalue weighted by Gasteiger charge is 2.35. The topological polar surface area (TPSA) is 105 Å². The van der Waals surface area contributed by atoms with Gasteiger partial charge < -0.3 is 14.6 Å². The number of nitrogens with zero attached hydrogens (tertiary/aromatic N) is 2. The zero-order valence-corrected chi connectivity index (χ0v) is 15.8. The van der Waals surface area contributed by atoms with Crippen LogP contribution in [0.5, 0.6) is 0 Å². The summed E-state index contributed by atoms with van der Waals surface area (Å²) >= 11 is 6.04. The third-order valence-corrected chi connectivity index (χ3v) is 4.97. The molecule has 0 atom stereocenters. The third-order valence-electron chi connectivity index (χ3n) is 4.65. The third kappa shape index (κ3) is 3.85. The van der Waals surface area contributed by atoms with Crippen molar-refractivity contribution in [2.45, 2.75) is 38.1 Å². The summed E-state index contributed by atoms with van der Waals surface area (Å²) in [4.78, 5) is 24.6. The molecule has 28 heavy (non-hydrogen) atoms. The van der Waals surface area contributed by atoms with E-state index in [9.17, 15) is 19.2 Å². The number of carbonyl (C=O) groups excluding carboxylic acids is 2. The number of aromatic nitrogens is 1. The van der Waals surface area contributed by atoms with E-state index in [0.717, 1.165) is 12.8 Å². The SMILES string of the molecule is Cc1onc(-c2c(F)cccc2Cl)c1C(=O)OCC(=O)NC1(C#N)CCCC1. The fraction of sp³-hybridized carbons (Fsp3) is 0.368. The van der Waals surface area contributed by atoms with Crippen LogP contribution in [0.1, 0.15) is 41.8 Å². The Bertz CT molecular complexity index is 940. The van der Waals surface area contributed by atoms with E-state index in [-0.39, 0.29) is 27.6 Å². The van der Waals surface area contributed by atoms with Gasteiger partial charge in [-0.1, -0.05) is 22.8 Å². The van der Waals surface area contributed by atoms with Crippen molar-refractivity contribution in [1.29, 1.82) is 5.26 Å². The molecule has 0 spiro atoms. The maximum atomic E-state index is 14.2. The Hall–Kier alpha value is -2.92. The Kier molecular flexibility index (Phi) is 5.66. The van der Waals surface area contributed by atoms with Crippen molar-refractivity contribution in [3.8, 4) is 17.3 Å². The van der Waals surface area contributed by atoms with Gasteiger partial charge in [0.05, 0.1) is 16.7 Å².